The van der Waals surface area contributed by atoms with Gasteiger partial charge in [-0.25, -0.2) is 4.21 Å². The summed E-state index contributed by atoms with van der Waals surface area (Å²) in [6.45, 7) is 0. The van der Waals surface area contributed by atoms with E-state index < -0.39 is 11.1 Å². The van der Waals surface area contributed by atoms with Crippen molar-refractivity contribution in [1.29, 1.82) is 0 Å². The summed E-state index contributed by atoms with van der Waals surface area (Å²) in [4.78, 5) is 4.01. The van der Waals surface area contributed by atoms with Crippen LogP contribution in [0.5, 0.6) is 0 Å². The third kappa shape index (κ3) is 3.25. The summed E-state index contributed by atoms with van der Waals surface area (Å²) in [6.07, 6.45) is 2.24. The Bertz CT molecular complexity index is 237. The van der Waals surface area contributed by atoms with E-state index in [4.69, 9.17) is 4.55 Å². The van der Waals surface area contributed by atoms with Crippen LogP contribution >= 0.6 is 0 Å². The molecule has 0 bridgehead atoms. The molecule has 1 N–H and O–H groups in total. The van der Waals surface area contributed by atoms with Crippen LogP contribution in [0.2, 0.25) is 0 Å². The van der Waals surface area contributed by atoms with Crippen LogP contribution in [0, 0.1) is 0 Å². The number of hydrogen-bond acceptors (Lipinski definition) is 2. The van der Waals surface area contributed by atoms with Gasteiger partial charge in [-0.3, -0.25) is 4.98 Å². The normalized spacial score (nSPS) is 12.8. The Morgan fingerprint density at radius 1 is 1.55 bits per heavy atom. The Labute approximate surface area is 67.8 Å². The smallest absolute Gasteiger partial charge is 0.153 e. The summed E-state index contributed by atoms with van der Waals surface area (Å²) in [5.74, 6) is 0.261. The van der Waals surface area contributed by atoms with Crippen molar-refractivity contribution in [2.24, 2.45) is 0 Å². The van der Waals surface area contributed by atoms with E-state index in [-0.39, 0.29) is 5.75 Å². The zero-order valence-corrected chi connectivity index (χ0v) is 6.75. The number of rotatable bonds is 3. The summed E-state index contributed by atoms with van der Waals surface area (Å²) in [7, 11) is 0. The SMILES string of the molecule is O=S(O)CCc1ccccn1. The van der Waals surface area contributed by atoms with E-state index >= 15 is 0 Å². The molecule has 60 valence electrons. The Hall–Kier alpha value is -0.740. The molecule has 0 radical (unpaired) electrons. The van der Waals surface area contributed by atoms with E-state index in [2.05, 4.69) is 4.98 Å². The van der Waals surface area contributed by atoms with Gasteiger partial charge in [0.2, 0.25) is 0 Å². The topological polar surface area (TPSA) is 50.2 Å². The molecule has 1 atom stereocenters. The molecule has 0 fully saturated rings. The lowest BCUT2D eigenvalue weighted by molar-refractivity contribution is 0.563. The molecule has 0 spiro atoms. The van der Waals surface area contributed by atoms with Gasteiger partial charge in [-0.15, -0.1) is 0 Å². The number of hydrogen-bond donors (Lipinski definition) is 1. The molecule has 1 aromatic rings. The van der Waals surface area contributed by atoms with Crippen molar-refractivity contribution in [3.63, 3.8) is 0 Å². The Morgan fingerprint density at radius 2 is 2.36 bits per heavy atom. The molecule has 1 aromatic heterocycles. The van der Waals surface area contributed by atoms with Gasteiger partial charge in [0, 0.05) is 18.3 Å². The lowest BCUT2D eigenvalue weighted by atomic mass is 10.3. The average Bonchev–Trinajstić information content (AvgIpc) is 2.03. The van der Waals surface area contributed by atoms with Gasteiger partial charge in [0.05, 0.1) is 5.75 Å². The molecule has 0 saturated heterocycles. The third-order valence-electron chi connectivity index (χ3n) is 1.26. The van der Waals surface area contributed by atoms with Crippen molar-refractivity contribution in [3.8, 4) is 0 Å². The van der Waals surface area contributed by atoms with Crippen LogP contribution in [-0.4, -0.2) is 19.5 Å². The minimum atomic E-state index is -1.71. The number of nitrogens with zero attached hydrogens (tertiary/aromatic N) is 1. The van der Waals surface area contributed by atoms with E-state index in [9.17, 15) is 4.21 Å². The molecule has 0 aliphatic rings. The Kier molecular flexibility index (Phi) is 3.19. The predicted octanol–water partition coefficient (Wildman–Crippen LogP) is 0.846. The fraction of sp³-hybridized carbons (Fsp3) is 0.286. The van der Waals surface area contributed by atoms with E-state index in [1.807, 2.05) is 18.2 Å². The van der Waals surface area contributed by atoms with Crippen LogP contribution in [0.25, 0.3) is 0 Å². The second-order valence-electron chi connectivity index (χ2n) is 2.10. The molecule has 0 amide bonds. The van der Waals surface area contributed by atoms with Crippen molar-refractivity contribution < 1.29 is 8.76 Å². The fourth-order valence-corrected chi connectivity index (χ4v) is 1.12. The summed E-state index contributed by atoms with van der Waals surface area (Å²) in [5, 5.41) is 0. The zero-order valence-electron chi connectivity index (χ0n) is 5.93. The van der Waals surface area contributed by atoms with Crippen molar-refractivity contribution >= 4 is 11.1 Å². The van der Waals surface area contributed by atoms with E-state index in [1.54, 1.807) is 6.20 Å². The minimum Gasteiger partial charge on any atom is -0.306 e. The van der Waals surface area contributed by atoms with Crippen LogP contribution < -0.4 is 0 Å². The zero-order chi connectivity index (χ0) is 8.10. The van der Waals surface area contributed by atoms with Gasteiger partial charge in [0.25, 0.3) is 0 Å². The second-order valence-corrected chi connectivity index (χ2v) is 3.15. The predicted molar refractivity (Wildman–Crippen MR) is 43.6 cm³/mol. The van der Waals surface area contributed by atoms with Gasteiger partial charge in [-0.05, 0) is 12.1 Å². The Morgan fingerprint density at radius 3 is 2.91 bits per heavy atom. The average molecular weight is 171 g/mol. The van der Waals surface area contributed by atoms with E-state index in [1.165, 1.54) is 0 Å². The maximum Gasteiger partial charge on any atom is 0.153 e. The van der Waals surface area contributed by atoms with Crippen LogP contribution in [-0.2, 0) is 17.5 Å². The summed E-state index contributed by atoms with van der Waals surface area (Å²) in [6, 6.07) is 5.52. The molecule has 11 heavy (non-hydrogen) atoms. The number of aryl methyl sites for hydroxylation is 1. The maximum atomic E-state index is 10.3. The van der Waals surface area contributed by atoms with E-state index in [0.717, 1.165) is 5.69 Å². The van der Waals surface area contributed by atoms with E-state index in [0.29, 0.717) is 6.42 Å². The molecule has 1 unspecified atom stereocenters. The lowest BCUT2D eigenvalue weighted by Gasteiger charge is -1.94. The summed E-state index contributed by atoms with van der Waals surface area (Å²) >= 11 is -1.71. The number of aromatic nitrogens is 1. The monoisotopic (exact) mass is 171 g/mol. The van der Waals surface area contributed by atoms with Crippen LogP contribution in [0.3, 0.4) is 0 Å². The highest BCUT2D eigenvalue weighted by molar-refractivity contribution is 7.79. The van der Waals surface area contributed by atoms with Crippen molar-refractivity contribution in [2.75, 3.05) is 5.75 Å². The van der Waals surface area contributed by atoms with Crippen LogP contribution in [0.15, 0.2) is 24.4 Å². The van der Waals surface area contributed by atoms with Crippen molar-refractivity contribution in [3.05, 3.63) is 30.1 Å². The highest BCUT2D eigenvalue weighted by Crippen LogP contribution is 1.94. The highest BCUT2D eigenvalue weighted by atomic mass is 32.2. The Balaban J connectivity index is 2.45. The first-order chi connectivity index (χ1) is 5.29. The first-order valence-corrected chi connectivity index (χ1v) is 4.54. The molecule has 4 heteroatoms. The third-order valence-corrected chi connectivity index (χ3v) is 1.81. The highest BCUT2D eigenvalue weighted by Gasteiger charge is 1.95. The summed E-state index contributed by atoms with van der Waals surface area (Å²) in [5.41, 5.74) is 0.856. The van der Waals surface area contributed by atoms with Gasteiger partial charge in [-0.2, -0.15) is 0 Å². The molecule has 0 aliphatic carbocycles. The summed E-state index contributed by atoms with van der Waals surface area (Å²) < 4.78 is 18.7. The minimum absolute atomic E-state index is 0.261. The second kappa shape index (κ2) is 4.20. The van der Waals surface area contributed by atoms with Crippen molar-refractivity contribution in [1.82, 2.24) is 4.98 Å². The molecular weight excluding hydrogens is 162 g/mol. The van der Waals surface area contributed by atoms with Crippen LogP contribution in [0.1, 0.15) is 5.69 Å². The quantitative estimate of drug-likeness (QED) is 0.686. The molecule has 1 heterocycles. The largest absolute Gasteiger partial charge is 0.306 e. The number of pyridine rings is 1. The van der Waals surface area contributed by atoms with Gasteiger partial charge in [-0.1, -0.05) is 6.07 Å². The fourth-order valence-electron chi connectivity index (χ4n) is 0.738. The van der Waals surface area contributed by atoms with Crippen molar-refractivity contribution in [2.45, 2.75) is 6.42 Å². The van der Waals surface area contributed by atoms with Gasteiger partial charge < -0.3 is 4.55 Å². The first kappa shape index (κ1) is 8.36. The van der Waals surface area contributed by atoms with Crippen LogP contribution in [0.4, 0.5) is 0 Å². The molecule has 3 nitrogen and oxygen atoms in total. The molecule has 0 aromatic carbocycles. The standard InChI is InChI=1S/C7H9NO2S/c9-11(10)6-4-7-3-1-2-5-8-7/h1-3,5H,4,6H2,(H,9,10). The lowest BCUT2D eigenvalue weighted by Crippen LogP contribution is -2.00. The molecular formula is C7H9NO2S. The first-order valence-electron chi connectivity index (χ1n) is 3.26. The molecule has 0 saturated carbocycles. The molecule has 1 rings (SSSR count). The maximum absolute atomic E-state index is 10.3. The van der Waals surface area contributed by atoms with Gasteiger partial charge >= 0.3 is 0 Å². The van der Waals surface area contributed by atoms with Gasteiger partial charge in [0.15, 0.2) is 11.1 Å². The van der Waals surface area contributed by atoms with Gasteiger partial charge in [0.1, 0.15) is 0 Å². The molecule has 0 aliphatic heterocycles.